The number of thioether (sulfide) groups is 1. The lowest BCUT2D eigenvalue weighted by molar-refractivity contribution is 0.102. The summed E-state index contributed by atoms with van der Waals surface area (Å²) in [7, 11) is 0. The minimum absolute atomic E-state index is 0.137. The second-order valence-corrected chi connectivity index (χ2v) is 5.38. The Morgan fingerprint density at radius 3 is 2.50 bits per heavy atom. The average Bonchev–Trinajstić information content (AvgIpc) is 2.38. The molecule has 0 unspecified atom stereocenters. The van der Waals surface area contributed by atoms with Crippen LogP contribution in [0.4, 0.5) is 0 Å². The van der Waals surface area contributed by atoms with Crippen molar-refractivity contribution in [2.75, 3.05) is 5.75 Å². The van der Waals surface area contributed by atoms with Gasteiger partial charge in [0, 0.05) is 10.5 Å². The molecule has 1 nitrogen and oxygen atoms in total. The maximum absolute atomic E-state index is 12.1. The van der Waals surface area contributed by atoms with E-state index in [4.69, 9.17) is 11.6 Å². The van der Waals surface area contributed by atoms with Gasteiger partial charge in [-0.05, 0) is 24.6 Å². The predicted molar refractivity (Wildman–Crippen MR) is 77.7 cm³/mol. The van der Waals surface area contributed by atoms with Crippen LogP contribution in [0.1, 0.15) is 15.9 Å². The number of rotatable bonds is 4. The first kappa shape index (κ1) is 13.2. The van der Waals surface area contributed by atoms with Crippen LogP contribution in [0.3, 0.4) is 0 Å². The molecule has 0 N–H and O–H groups in total. The molecule has 0 heterocycles. The topological polar surface area (TPSA) is 17.1 Å². The van der Waals surface area contributed by atoms with E-state index in [9.17, 15) is 4.79 Å². The van der Waals surface area contributed by atoms with Gasteiger partial charge in [0.25, 0.3) is 0 Å². The molecule has 3 heteroatoms. The summed E-state index contributed by atoms with van der Waals surface area (Å²) in [5.41, 5.74) is 1.80. The number of carbonyl (C=O) groups excluding carboxylic acids is 1. The van der Waals surface area contributed by atoms with E-state index in [1.165, 1.54) is 11.8 Å². The molecular formula is C15H13ClOS. The van der Waals surface area contributed by atoms with Crippen LogP contribution in [0, 0.1) is 6.92 Å². The summed E-state index contributed by atoms with van der Waals surface area (Å²) in [5, 5.41) is 0.695. The van der Waals surface area contributed by atoms with Gasteiger partial charge in [-0.15, -0.1) is 11.8 Å². The van der Waals surface area contributed by atoms with Gasteiger partial charge in [-0.25, -0.2) is 0 Å². The molecule has 0 fully saturated rings. The van der Waals surface area contributed by atoms with Crippen LogP contribution in [0.15, 0.2) is 53.4 Å². The van der Waals surface area contributed by atoms with Crippen molar-refractivity contribution in [2.45, 2.75) is 11.8 Å². The zero-order valence-corrected chi connectivity index (χ0v) is 11.6. The Hall–Kier alpha value is -1.25. The quantitative estimate of drug-likeness (QED) is 0.598. The second kappa shape index (κ2) is 6.07. The number of carbonyl (C=O) groups is 1. The first-order valence-electron chi connectivity index (χ1n) is 5.64. The van der Waals surface area contributed by atoms with Crippen molar-refractivity contribution in [3.05, 3.63) is 64.7 Å². The Labute approximate surface area is 116 Å². The van der Waals surface area contributed by atoms with Crippen molar-refractivity contribution in [1.29, 1.82) is 0 Å². The van der Waals surface area contributed by atoms with Gasteiger partial charge in [-0.1, -0.05) is 48.0 Å². The third-order valence-electron chi connectivity index (χ3n) is 2.64. The molecule has 0 saturated heterocycles. The van der Waals surface area contributed by atoms with Crippen LogP contribution in [0.2, 0.25) is 5.02 Å². The molecule has 0 atom stereocenters. The molecule has 0 bridgehead atoms. The van der Waals surface area contributed by atoms with E-state index in [0.29, 0.717) is 10.8 Å². The number of halogens is 1. The van der Waals surface area contributed by atoms with E-state index in [1.807, 2.05) is 55.5 Å². The summed E-state index contributed by atoms with van der Waals surface area (Å²) >= 11 is 7.53. The summed E-state index contributed by atoms with van der Waals surface area (Å²) in [6.45, 7) is 1.95. The number of aryl methyl sites for hydroxylation is 1. The van der Waals surface area contributed by atoms with Gasteiger partial charge in [0.1, 0.15) is 0 Å². The lowest BCUT2D eigenvalue weighted by Crippen LogP contribution is -2.04. The van der Waals surface area contributed by atoms with Gasteiger partial charge in [0.05, 0.1) is 10.8 Å². The molecule has 92 valence electrons. The Balaban J connectivity index is 2.06. The molecule has 0 aliphatic carbocycles. The highest BCUT2D eigenvalue weighted by molar-refractivity contribution is 8.00. The summed E-state index contributed by atoms with van der Waals surface area (Å²) in [6.07, 6.45) is 0. The fourth-order valence-electron chi connectivity index (χ4n) is 1.67. The summed E-state index contributed by atoms with van der Waals surface area (Å²) < 4.78 is 0. The molecule has 0 amide bonds. The van der Waals surface area contributed by atoms with Gasteiger partial charge >= 0.3 is 0 Å². The molecule has 0 aromatic heterocycles. The van der Waals surface area contributed by atoms with E-state index in [1.54, 1.807) is 0 Å². The van der Waals surface area contributed by atoms with Crippen LogP contribution in [0.5, 0.6) is 0 Å². The molecule has 2 aromatic rings. The van der Waals surface area contributed by atoms with Crippen LogP contribution in [-0.4, -0.2) is 11.5 Å². The Kier molecular flexibility index (Phi) is 4.45. The molecule has 0 radical (unpaired) electrons. The SMILES string of the molecule is Cc1ccccc1C(=O)CSc1ccccc1Cl. The van der Waals surface area contributed by atoms with Crippen LogP contribution < -0.4 is 0 Å². The first-order chi connectivity index (χ1) is 8.68. The number of hydrogen-bond acceptors (Lipinski definition) is 2. The van der Waals surface area contributed by atoms with Gasteiger partial charge < -0.3 is 0 Å². The summed E-state index contributed by atoms with van der Waals surface area (Å²) in [5.74, 6) is 0.548. The molecule has 0 aliphatic heterocycles. The standard InChI is InChI=1S/C15H13ClOS/c1-11-6-2-3-7-12(11)14(17)10-18-15-9-5-4-8-13(15)16/h2-9H,10H2,1H3. The van der Waals surface area contributed by atoms with Crippen molar-refractivity contribution < 1.29 is 4.79 Å². The van der Waals surface area contributed by atoms with Crippen LogP contribution >= 0.6 is 23.4 Å². The summed E-state index contributed by atoms with van der Waals surface area (Å²) in [6, 6.07) is 15.2. The van der Waals surface area contributed by atoms with Crippen LogP contribution in [0.25, 0.3) is 0 Å². The number of benzene rings is 2. The zero-order chi connectivity index (χ0) is 13.0. The van der Waals surface area contributed by atoms with E-state index >= 15 is 0 Å². The normalized spacial score (nSPS) is 10.3. The lowest BCUT2D eigenvalue weighted by Gasteiger charge is -2.05. The molecule has 0 aliphatic rings. The second-order valence-electron chi connectivity index (χ2n) is 3.96. The minimum atomic E-state index is 0.137. The van der Waals surface area contributed by atoms with Gasteiger partial charge in [0.15, 0.2) is 5.78 Å². The predicted octanol–water partition coefficient (Wildman–Crippen LogP) is 4.62. The maximum Gasteiger partial charge on any atom is 0.173 e. The lowest BCUT2D eigenvalue weighted by atomic mass is 10.1. The van der Waals surface area contributed by atoms with Gasteiger partial charge in [-0.2, -0.15) is 0 Å². The van der Waals surface area contributed by atoms with Gasteiger partial charge in [0.2, 0.25) is 0 Å². The van der Waals surface area contributed by atoms with Gasteiger partial charge in [-0.3, -0.25) is 4.79 Å². The smallest absolute Gasteiger partial charge is 0.173 e. The number of ketones is 1. The monoisotopic (exact) mass is 276 g/mol. The average molecular weight is 277 g/mol. The minimum Gasteiger partial charge on any atom is -0.293 e. The highest BCUT2D eigenvalue weighted by atomic mass is 35.5. The molecule has 0 saturated carbocycles. The third kappa shape index (κ3) is 3.15. The molecule has 2 aromatic carbocycles. The molecule has 18 heavy (non-hydrogen) atoms. The molecule has 0 spiro atoms. The highest BCUT2D eigenvalue weighted by Crippen LogP contribution is 2.27. The van der Waals surface area contributed by atoms with Crippen molar-refractivity contribution >= 4 is 29.1 Å². The fraction of sp³-hybridized carbons (Fsp3) is 0.133. The van der Waals surface area contributed by atoms with Crippen molar-refractivity contribution in [2.24, 2.45) is 0 Å². The van der Waals surface area contributed by atoms with E-state index in [0.717, 1.165) is 16.0 Å². The Bertz CT molecular complexity index is 566. The van der Waals surface area contributed by atoms with Crippen molar-refractivity contribution in [1.82, 2.24) is 0 Å². The molecule has 2 rings (SSSR count). The zero-order valence-electron chi connectivity index (χ0n) is 10.0. The largest absolute Gasteiger partial charge is 0.293 e. The maximum atomic E-state index is 12.1. The number of hydrogen-bond donors (Lipinski definition) is 0. The molecular weight excluding hydrogens is 264 g/mol. The Morgan fingerprint density at radius 1 is 1.11 bits per heavy atom. The highest BCUT2D eigenvalue weighted by Gasteiger charge is 2.09. The van der Waals surface area contributed by atoms with E-state index < -0.39 is 0 Å². The van der Waals surface area contributed by atoms with Crippen molar-refractivity contribution in [3.8, 4) is 0 Å². The van der Waals surface area contributed by atoms with Crippen LogP contribution in [-0.2, 0) is 0 Å². The van der Waals surface area contributed by atoms with E-state index in [-0.39, 0.29) is 5.78 Å². The van der Waals surface area contributed by atoms with E-state index in [2.05, 4.69) is 0 Å². The summed E-state index contributed by atoms with van der Waals surface area (Å²) in [4.78, 5) is 13.0. The Morgan fingerprint density at radius 2 is 1.78 bits per heavy atom. The fourth-order valence-corrected chi connectivity index (χ4v) is 2.79. The number of Topliss-reactive ketones (excluding diaryl/α,β-unsaturated/α-hetero) is 1. The third-order valence-corrected chi connectivity index (χ3v) is 4.16. The van der Waals surface area contributed by atoms with Crippen molar-refractivity contribution in [3.63, 3.8) is 0 Å². The first-order valence-corrected chi connectivity index (χ1v) is 7.01.